The van der Waals surface area contributed by atoms with Crippen molar-refractivity contribution in [3.63, 3.8) is 0 Å². The van der Waals surface area contributed by atoms with Crippen LogP contribution >= 0.6 is 12.6 Å². The van der Waals surface area contributed by atoms with E-state index in [4.69, 9.17) is 4.74 Å². The lowest BCUT2D eigenvalue weighted by Crippen LogP contribution is -2.03. The van der Waals surface area contributed by atoms with Gasteiger partial charge >= 0.3 is 5.97 Å². The van der Waals surface area contributed by atoms with Gasteiger partial charge in [-0.1, -0.05) is 13.0 Å². The predicted octanol–water partition coefficient (Wildman–Crippen LogP) is 1.77. The molecule has 0 heterocycles. The van der Waals surface area contributed by atoms with Crippen molar-refractivity contribution in [1.82, 2.24) is 0 Å². The summed E-state index contributed by atoms with van der Waals surface area (Å²) in [6.07, 6.45) is 2.22. The fraction of sp³-hybridized carbons (Fsp3) is 0.571. The van der Waals surface area contributed by atoms with E-state index in [1.165, 1.54) is 0 Å². The zero-order valence-corrected chi connectivity index (χ0v) is 7.15. The van der Waals surface area contributed by atoms with E-state index in [1.807, 2.05) is 6.92 Å². The van der Waals surface area contributed by atoms with Gasteiger partial charge in [0.15, 0.2) is 0 Å². The van der Waals surface area contributed by atoms with Crippen molar-refractivity contribution in [3.8, 4) is 0 Å². The van der Waals surface area contributed by atoms with Gasteiger partial charge in [-0.3, -0.25) is 4.79 Å². The van der Waals surface area contributed by atoms with Crippen LogP contribution in [0.2, 0.25) is 0 Å². The molecule has 0 aliphatic heterocycles. The maximum Gasteiger partial charge on any atom is 0.305 e. The van der Waals surface area contributed by atoms with Crippen molar-refractivity contribution < 1.29 is 9.53 Å². The van der Waals surface area contributed by atoms with Crippen LogP contribution in [0.4, 0.5) is 0 Å². The molecule has 0 saturated heterocycles. The number of allylic oxidation sites excluding steroid dienone is 1. The molecule has 0 bridgehead atoms. The summed E-state index contributed by atoms with van der Waals surface area (Å²) >= 11 is 4.03. The highest BCUT2D eigenvalue weighted by Gasteiger charge is 1.96. The molecule has 0 amide bonds. The quantitative estimate of drug-likeness (QED) is 0.503. The monoisotopic (exact) mass is 160 g/mol. The molecule has 0 spiro atoms. The van der Waals surface area contributed by atoms with Crippen LogP contribution in [0.15, 0.2) is 11.0 Å². The van der Waals surface area contributed by atoms with E-state index in [9.17, 15) is 4.79 Å². The normalized spacial score (nSPS) is 11.3. The van der Waals surface area contributed by atoms with Gasteiger partial charge in [-0.2, -0.15) is 0 Å². The first-order valence-corrected chi connectivity index (χ1v) is 3.65. The third-order valence-corrected chi connectivity index (χ3v) is 1.39. The summed E-state index contributed by atoms with van der Waals surface area (Å²) in [4.78, 5) is 11.3. The zero-order chi connectivity index (χ0) is 7.98. The van der Waals surface area contributed by atoms with Gasteiger partial charge in [0.25, 0.3) is 0 Å². The molecule has 0 radical (unpaired) electrons. The summed E-state index contributed by atoms with van der Waals surface area (Å²) in [6.45, 7) is 3.91. The first kappa shape index (κ1) is 9.56. The Morgan fingerprint density at radius 3 is 2.70 bits per heavy atom. The van der Waals surface area contributed by atoms with Gasteiger partial charge in [-0.15, -0.1) is 12.6 Å². The molecule has 0 atom stereocenters. The SMILES string of the molecule is CC=C(S)COC(=O)CC. The molecule has 0 aromatic heterocycles. The largest absolute Gasteiger partial charge is 0.460 e. The Kier molecular flexibility index (Phi) is 5.12. The summed E-state index contributed by atoms with van der Waals surface area (Å²) in [5.41, 5.74) is 0. The number of esters is 1. The molecule has 0 unspecified atom stereocenters. The summed E-state index contributed by atoms with van der Waals surface area (Å²) in [7, 11) is 0. The van der Waals surface area contributed by atoms with Crippen LogP contribution in [-0.4, -0.2) is 12.6 Å². The summed E-state index contributed by atoms with van der Waals surface area (Å²) < 4.78 is 4.76. The lowest BCUT2D eigenvalue weighted by atomic mass is 10.5. The number of ether oxygens (including phenoxy) is 1. The Bertz CT molecular complexity index is 141. The summed E-state index contributed by atoms with van der Waals surface area (Å²) in [5.74, 6) is -0.187. The molecule has 2 nitrogen and oxygen atoms in total. The van der Waals surface area contributed by atoms with Crippen molar-refractivity contribution >= 4 is 18.6 Å². The Labute approximate surface area is 66.7 Å². The second-order valence-electron chi connectivity index (χ2n) is 1.79. The molecule has 0 aromatic carbocycles. The Hall–Kier alpha value is -0.440. The molecule has 0 N–H and O–H groups in total. The number of hydrogen-bond acceptors (Lipinski definition) is 3. The van der Waals surface area contributed by atoms with Crippen LogP contribution in [0.25, 0.3) is 0 Å². The standard InChI is InChI=1S/C7H12O2S/c1-3-6(10)5-9-7(8)4-2/h3,10H,4-5H2,1-2H3. The number of rotatable bonds is 3. The molecule has 0 rings (SSSR count). The number of thiol groups is 1. The van der Waals surface area contributed by atoms with Crippen molar-refractivity contribution in [3.05, 3.63) is 11.0 Å². The van der Waals surface area contributed by atoms with Crippen molar-refractivity contribution in [1.29, 1.82) is 0 Å². The van der Waals surface area contributed by atoms with E-state index >= 15 is 0 Å². The highest BCUT2D eigenvalue weighted by molar-refractivity contribution is 7.84. The van der Waals surface area contributed by atoms with Gasteiger partial charge in [-0.05, 0) is 6.92 Å². The highest BCUT2D eigenvalue weighted by Crippen LogP contribution is 2.00. The van der Waals surface area contributed by atoms with Crippen molar-refractivity contribution in [2.24, 2.45) is 0 Å². The fourth-order valence-electron chi connectivity index (χ4n) is 0.340. The molecule has 3 heteroatoms. The van der Waals surface area contributed by atoms with Gasteiger partial charge in [0.05, 0.1) is 0 Å². The van der Waals surface area contributed by atoms with Gasteiger partial charge in [0.2, 0.25) is 0 Å². The minimum absolute atomic E-state index is 0.187. The van der Waals surface area contributed by atoms with Crippen molar-refractivity contribution in [2.45, 2.75) is 20.3 Å². The van der Waals surface area contributed by atoms with Crippen LogP contribution in [0.3, 0.4) is 0 Å². The third kappa shape index (κ3) is 4.44. The van der Waals surface area contributed by atoms with Crippen molar-refractivity contribution in [2.75, 3.05) is 6.61 Å². The second-order valence-corrected chi connectivity index (χ2v) is 2.37. The molecule has 10 heavy (non-hydrogen) atoms. The van der Waals surface area contributed by atoms with E-state index in [1.54, 1.807) is 13.0 Å². The highest BCUT2D eigenvalue weighted by atomic mass is 32.1. The smallest absolute Gasteiger partial charge is 0.305 e. The Balaban J connectivity index is 3.45. The fourth-order valence-corrected chi connectivity index (χ4v) is 0.404. The molecule has 0 aliphatic carbocycles. The lowest BCUT2D eigenvalue weighted by Gasteiger charge is -2.00. The molecule has 0 aromatic rings. The minimum atomic E-state index is -0.187. The average Bonchev–Trinajstić information content (AvgIpc) is 1.99. The molecule has 58 valence electrons. The van der Waals surface area contributed by atoms with Crippen LogP contribution in [0, 0.1) is 0 Å². The zero-order valence-electron chi connectivity index (χ0n) is 6.26. The lowest BCUT2D eigenvalue weighted by molar-refractivity contribution is -0.142. The van der Waals surface area contributed by atoms with Gasteiger partial charge < -0.3 is 4.74 Å². The van der Waals surface area contributed by atoms with Gasteiger partial charge in [0, 0.05) is 11.3 Å². The van der Waals surface area contributed by atoms with E-state index in [2.05, 4.69) is 12.6 Å². The van der Waals surface area contributed by atoms with Crippen LogP contribution < -0.4 is 0 Å². The van der Waals surface area contributed by atoms with Gasteiger partial charge in [-0.25, -0.2) is 0 Å². The summed E-state index contributed by atoms with van der Waals surface area (Å²) in [5, 5.41) is 0. The second kappa shape index (κ2) is 5.35. The van der Waals surface area contributed by atoms with Crippen LogP contribution in [-0.2, 0) is 9.53 Å². The maximum absolute atomic E-state index is 10.5. The molecule has 0 saturated carbocycles. The topological polar surface area (TPSA) is 26.3 Å². The Morgan fingerprint density at radius 2 is 2.30 bits per heavy atom. The van der Waals surface area contributed by atoms with Crippen LogP contribution in [0.5, 0.6) is 0 Å². The predicted molar refractivity (Wildman–Crippen MR) is 44.0 cm³/mol. The summed E-state index contributed by atoms with van der Waals surface area (Å²) in [6, 6.07) is 0. The van der Waals surface area contributed by atoms with Gasteiger partial charge in [0.1, 0.15) is 6.61 Å². The first-order chi connectivity index (χ1) is 4.70. The minimum Gasteiger partial charge on any atom is -0.460 e. The van der Waals surface area contributed by atoms with E-state index in [0.29, 0.717) is 13.0 Å². The van der Waals surface area contributed by atoms with E-state index in [-0.39, 0.29) is 5.97 Å². The number of carbonyl (C=O) groups excluding carboxylic acids is 1. The average molecular weight is 160 g/mol. The van der Waals surface area contributed by atoms with Crippen LogP contribution in [0.1, 0.15) is 20.3 Å². The number of hydrogen-bond donors (Lipinski definition) is 1. The third-order valence-electron chi connectivity index (χ3n) is 1.00. The molecular weight excluding hydrogens is 148 g/mol. The Morgan fingerprint density at radius 1 is 1.70 bits per heavy atom. The maximum atomic E-state index is 10.5. The van der Waals surface area contributed by atoms with E-state index in [0.717, 1.165) is 4.91 Å². The van der Waals surface area contributed by atoms with E-state index < -0.39 is 0 Å². The molecule has 0 fully saturated rings. The first-order valence-electron chi connectivity index (χ1n) is 3.20. The molecular formula is C7H12O2S. The number of carbonyl (C=O) groups is 1. The molecule has 0 aliphatic rings.